The topological polar surface area (TPSA) is 27.7 Å². The predicted octanol–water partition coefficient (Wildman–Crippen LogP) is 14.8. The Bertz CT molecular complexity index is 811. The van der Waals surface area contributed by atoms with Crippen molar-refractivity contribution in [1.82, 2.24) is 0 Å². The van der Waals surface area contributed by atoms with Crippen LogP contribution in [-0.4, -0.2) is 43.9 Å². The van der Waals surface area contributed by atoms with E-state index in [0.29, 0.717) is 0 Å². The fraction of sp³-hybridized carbons (Fsp3) is 0.870. The molecule has 0 saturated carbocycles. The highest BCUT2D eigenvalue weighted by Gasteiger charge is 2.27. The molecule has 0 spiro atoms. The first kappa shape index (κ1) is 46.6. The van der Waals surface area contributed by atoms with Gasteiger partial charge in [0.05, 0.1) is 39.5 Å². The summed E-state index contributed by atoms with van der Waals surface area (Å²) in [7, 11) is 0. The van der Waals surface area contributed by atoms with Crippen LogP contribution in [0.1, 0.15) is 220 Å². The van der Waals surface area contributed by atoms with Gasteiger partial charge in [-0.2, -0.15) is 0 Å². The van der Waals surface area contributed by atoms with Gasteiger partial charge in [0.2, 0.25) is 5.75 Å². The molecule has 0 fully saturated rings. The Kier molecular flexibility index (Phi) is 31.1. The van der Waals surface area contributed by atoms with Crippen LogP contribution in [0.15, 0.2) is 12.1 Å². The molecule has 1 aromatic carbocycles. The molecule has 50 heavy (non-hydrogen) atoms. The van der Waals surface area contributed by atoms with Crippen LogP contribution in [0.25, 0.3) is 0 Å². The first-order valence-electron chi connectivity index (χ1n) is 22.5. The van der Waals surface area contributed by atoms with Crippen LogP contribution in [0, 0.1) is 0 Å². The summed E-state index contributed by atoms with van der Waals surface area (Å²) in [4.78, 5) is 0. The normalized spacial score (nSPS) is 11.7. The SMILES string of the molecule is CCCCCCCCCCOc1cc(C[N+](CCC)(CCC)CCC)cc(OCCCCCCCCCC)c1OCCCCCCCCCC. The van der Waals surface area contributed by atoms with Crippen molar-refractivity contribution in [3.8, 4) is 17.2 Å². The molecule has 0 heterocycles. The van der Waals surface area contributed by atoms with E-state index in [1.54, 1.807) is 0 Å². The van der Waals surface area contributed by atoms with Crippen LogP contribution in [-0.2, 0) is 6.54 Å². The summed E-state index contributed by atoms with van der Waals surface area (Å²) in [5, 5.41) is 0. The van der Waals surface area contributed by atoms with E-state index in [4.69, 9.17) is 14.2 Å². The molecule has 0 radical (unpaired) electrons. The Morgan fingerprint density at radius 3 is 0.980 bits per heavy atom. The standard InChI is InChI=1S/C46H88NO3/c1-7-13-16-19-22-25-28-31-37-48-44-40-43(42-47(34-10-4,35-11-5)36-12-6)41-45(49-38-32-29-26-23-20-17-14-8-2)46(44)50-39-33-30-27-24-21-18-15-9-3/h40-41H,7-39,42H2,1-6H3/q+1. The van der Waals surface area contributed by atoms with Crippen LogP contribution in [0.2, 0.25) is 0 Å². The molecule has 0 unspecified atom stereocenters. The molecule has 294 valence electrons. The molecule has 1 rings (SSSR count). The lowest BCUT2D eigenvalue weighted by molar-refractivity contribution is -0.941. The second-order valence-corrected chi connectivity index (χ2v) is 15.6. The summed E-state index contributed by atoms with van der Waals surface area (Å²) in [5.41, 5.74) is 1.34. The molecule has 1 aromatic rings. The highest BCUT2D eigenvalue weighted by Crippen LogP contribution is 2.40. The van der Waals surface area contributed by atoms with Gasteiger partial charge in [0.15, 0.2) is 11.5 Å². The molecular formula is C46H88NO3+. The van der Waals surface area contributed by atoms with Crippen LogP contribution in [0.4, 0.5) is 0 Å². The van der Waals surface area contributed by atoms with E-state index >= 15 is 0 Å². The smallest absolute Gasteiger partial charge is 0.203 e. The minimum absolute atomic E-state index is 0.734. The van der Waals surface area contributed by atoms with Crippen molar-refractivity contribution >= 4 is 0 Å². The first-order chi connectivity index (χ1) is 24.6. The van der Waals surface area contributed by atoms with Gasteiger partial charge < -0.3 is 18.7 Å². The van der Waals surface area contributed by atoms with E-state index in [1.807, 2.05) is 0 Å². The Hall–Kier alpha value is -1.42. The monoisotopic (exact) mass is 703 g/mol. The molecule has 0 saturated heterocycles. The summed E-state index contributed by atoms with van der Waals surface area (Å²) < 4.78 is 21.1. The Morgan fingerprint density at radius 1 is 0.360 bits per heavy atom. The van der Waals surface area contributed by atoms with Gasteiger partial charge in [-0.1, -0.05) is 176 Å². The van der Waals surface area contributed by atoms with Crippen molar-refractivity contribution < 1.29 is 18.7 Å². The summed E-state index contributed by atoms with van der Waals surface area (Å²) >= 11 is 0. The summed E-state index contributed by atoms with van der Waals surface area (Å²) in [5.74, 6) is 2.69. The van der Waals surface area contributed by atoms with Crippen molar-refractivity contribution in [2.24, 2.45) is 0 Å². The molecule has 0 aliphatic rings. The maximum absolute atomic E-state index is 6.67. The van der Waals surface area contributed by atoms with Gasteiger partial charge in [0.1, 0.15) is 6.54 Å². The number of hydrogen-bond acceptors (Lipinski definition) is 3. The first-order valence-corrected chi connectivity index (χ1v) is 22.5. The van der Waals surface area contributed by atoms with Crippen LogP contribution < -0.4 is 14.2 Å². The van der Waals surface area contributed by atoms with Gasteiger partial charge in [0, 0.05) is 5.56 Å². The molecule has 4 nitrogen and oxygen atoms in total. The van der Waals surface area contributed by atoms with Gasteiger partial charge in [0.25, 0.3) is 0 Å². The fourth-order valence-corrected chi connectivity index (χ4v) is 7.71. The molecule has 0 atom stereocenters. The van der Waals surface area contributed by atoms with E-state index < -0.39 is 0 Å². The third kappa shape index (κ3) is 23.2. The lowest BCUT2D eigenvalue weighted by Crippen LogP contribution is -2.48. The Labute approximate surface area is 313 Å². The molecular weight excluding hydrogens is 615 g/mol. The largest absolute Gasteiger partial charge is 0.490 e. The van der Waals surface area contributed by atoms with E-state index in [2.05, 4.69) is 53.7 Å². The van der Waals surface area contributed by atoms with E-state index in [9.17, 15) is 0 Å². The number of ether oxygens (including phenoxy) is 3. The highest BCUT2D eigenvalue weighted by atomic mass is 16.5. The molecule has 0 aliphatic heterocycles. The zero-order valence-electron chi connectivity index (χ0n) is 34.9. The zero-order chi connectivity index (χ0) is 36.4. The quantitative estimate of drug-likeness (QED) is 0.0507. The number of hydrogen-bond donors (Lipinski definition) is 0. The molecule has 0 aromatic heterocycles. The zero-order valence-corrected chi connectivity index (χ0v) is 34.9. The Balaban J connectivity index is 3.11. The predicted molar refractivity (Wildman–Crippen MR) is 220 cm³/mol. The maximum atomic E-state index is 6.67. The van der Waals surface area contributed by atoms with Crippen molar-refractivity contribution in [2.75, 3.05) is 39.5 Å². The van der Waals surface area contributed by atoms with Crippen LogP contribution in [0.5, 0.6) is 17.2 Å². The minimum Gasteiger partial charge on any atom is -0.490 e. The lowest BCUT2D eigenvalue weighted by Gasteiger charge is -2.39. The number of rotatable bonds is 38. The second kappa shape index (κ2) is 33.4. The van der Waals surface area contributed by atoms with E-state index in [1.165, 1.54) is 179 Å². The molecule has 0 amide bonds. The minimum atomic E-state index is 0.734. The molecule has 4 heteroatoms. The number of nitrogens with zero attached hydrogens (tertiary/aromatic N) is 1. The lowest BCUT2D eigenvalue weighted by atomic mass is 10.1. The third-order valence-corrected chi connectivity index (χ3v) is 10.4. The summed E-state index contributed by atoms with van der Waals surface area (Å²) in [6, 6.07) is 4.65. The average Bonchev–Trinajstić information content (AvgIpc) is 3.10. The molecule has 0 N–H and O–H groups in total. The summed E-state index contributed by atoms with van der Waals surface area (Å²) in [6.07, 6.45) is 35.0. The van der Waals surface area contributed by atoms with Gasteiger partial charge in [-0.05, 0) is 50.7 Å². The average molecular weight is 703 g/mol. The Morgan fingerprint density at radius 2 is 0.660 bits per heavy atom. The van der Waals surface area contributed by atoms with E-state index in [0.717, 1.165) is 67.4 Å². The van der Waals surface area contributed by atoms with Crippen molar-refractivity contribution in [1.29, 1.82) is 0 Å². The second-order valence-electron chi connectivity index (χ2n) is 15.6. The molecule has 0 bridgehead atoms. The number of unbranched alkanes of at least 4 members (excludes halogenated alkanes) is 21. The van der Waals surface area contributed by atoms with Gasteiger partial charge in [-0.3, -0.25) is 0 Å². The maximum Gasteiger partial charge on any atom is 0.203 e. The summed E-state index contributed by atoms with van der Waals surface area (Å²) in [6.45, 7) is 20.9. The fourth-order valence-electron chi connectivity index (χ4n) is 7.71. The van der Waals surface area contributed by atoms with Crippen molar-refractivity contribution in [2.45, 2.75) is 221 Å². The highest BCUT2D eigenvalue weighted by molar-refractivity contribution is 5.54. The van der Waals surface area contributed by atoms with Gasteiger partial charge >= 0.3 is 0 Å². The van der Waals surface area contributed by atoms with Crippen LogP contribution >= 0.6 is 0 Å². The van der Waals surface area contributed by atoms with Gasteiger partial charge in [-0.25, -0.2) is 0 Å². The third-order valence-electron chi connectivity index (χ3n) is 10.4. The van der Waals surface area contributed by atoms with Gasteiger partial charge in [-0.15, -0.1) is 0 Å². The van der Waals surface area contributed by atoms with Crippen molar-refractivity contribution in [3.63, 3.8) is 0 Å². The number of quaternary nitrogens is 1. The van der Waals surface area contributed by atoms with E-state index in [-0.39, 0.29) is 0 Å². The van der Waals surface area contributed by atoms with Crippen LogP contribution in [0.3, 0.4) is 0 Å². The molecule has 0 aliphatic carbocycles. The number of benzene rings is 1. The van der Waals surface area contributed by atoms with Crippen molar-refractivity contribution in [3.05, 3.63) is 17.7 Å².